The lowest BCUT2D eigenvalue weighted by molar-refractivity contribution is 0.0565. The summed E-state index contributed by atoms with van der Waals surface area (Å²) >= 11 is 0. The van der Waals surface area contributed by atoms with Gasteiger partial charge in [-0.1, -0.05) is 0 Å². The Labute approximate surface area is 154 Å². The molecule has 26 heavy (non-hydrogen) atoms. The van der Waals surface area contributed by atoms with Crippen molar-refractivity contribution in [1.82, 2.24) is 24.7 Å². The Kier molecular flexibility index (Phi) is 7.14. The van der Waals surface area contributed by atoms with E-state index in [1.54, 1.807) is 29.7 Å². The highest BCUT2D eigenvalue weighted by molar-refractivity contribution is 5.93. The molecular weight excluding hydrogens is 336 g/mol. The van der Waals surface area contributed by atoms with Gasteiger partial charge in [-0.2, -0.15) is 0 Å². The molecule has 1 aliphatic heterocycles. The molecule has 0 unspecified atom stereocenters. The van der Waals surface area contributed by atoms with Gasteiger partial charge in [0, 0.05) is 45.3 Å². The van der Waals surface area contributed by atoms with Crippen LogP contribution in [-0.4, -0.2) is 96.6 Å². The van der Waals surface area contributed by atoms with Crippen molar-refractivity contribution in [2.45, 2.75) is 13.8 Å². The highest BCUT2D eigenvalue weighted by Gasteiger charge is 2.26. The monoisotopic (exact) mass is 364 g/mol. The molecule has 0 aromatic carbocycles. The minimum absolute atomic E-state index is 0.144. The number of likely N-dealkylation sites (N-methyl/N-ethyl adjacent to an activating group) is 1. The van der Waals surface area contributed by atoms with Gasteiger partial charge in [0.15, 0.2) is 0 Å². The molecule has 2 heterocycles. The van der Waals surface area contributed by atoms with Crippen molar-refractivity contribution in [2.24, 2.45) is 0 Å². The smallest absolute Gasteiger partial charge is 0.409 e. The van der Waals surface area contributed by atoms with Gasteiger partial charge in [0.2, 0.25) is 0 Å². The van der Waals surface area contributed by atoms with Gasteiger partial charge in [0.25, 0.3) is 5.91 Å². The second-order valence-corrected chi connectivity index (χ2v) is 6.39. The first-order valence-corrected chi connectivity index (χ1v) is 8.86. The van der Waals surface area contributed by atoms with E-state index in [-0.39, 0.29) is 12.0 Å². The summed E-state index contributed by atoms with van der Waals surface area (Å²) < 4.78 is 5.00. The number of nitrogens with one attached hydrogen (secondary N) is 1. The third-order valence-corrected chi connectivity index (χ3v) is 4.02. The van der Waals surface area contributed by atoms with Gasteiger partial charge < -0.3 is 24.8 Å². The number of aromatic nitrogens is 2. The molecule has 0 spiro atoms. The molecule has 2 rings (SSSR count). The number of carbonyl (C=O) groups is 2. The zero-order chi connectivity index (χ0) is 19.1. The number of nitrogens with zero attached hydrogens (tertiary/aromatic N) is 5. The fourth-order valence-corrected chi connectivity index (χ4v) is 2.64. The van der Waals surface area contributed by atoms with Crippen LogP contribution in [-0.2, 0) is 4.74 Å². The summed E-state index contributed by atoms with van der Waals surface area (Å²) in [5.41, 5.74) is 0.370. The summed E-state index contributed by atoms with van der Waals surface area (Å²) in [6.07, 6.45) is -0.329. The maximum Gasteiger partial charge on any atom is 0.409 e. The summed E-state index contributed by atoms with van der Waals surface area (Å²) in [7, 11) is 4.00. The Morgan fingerprint density at radius 1 is 1.19 bits per heavy atom. The SMILES string of the molecule is CCOC(=O)N1CCN(C(=O)c2cc(NCCN(C)C)nc(C)n2)CC1. The van der Waals surface area contributed by atoms with E-state index in [4.69, 9.17) is 4.74 Å². The Morgan fingerprint density at radius 3 is 2.46 bits per heavy atom. The molecular formula is C17H28N6O3. The van der Waals surface area contributed by atoms with E-state index in [1.807, 2.05) is 14.1 Å². The van der Waals surface area contributed by atoms with Crippen LogP contribution in [0.4, 0.5) is 10.6 Å². The molecule has 0 atom stereocenters. The van der Waals surface area contributed by atoms with Crippen LogP contribution in [0.15, 0.2) is 6.07 Å². The first kappa shape index (κ1) is 19.9. The largest absolute Gasteiger partial charge is 0.450 e. The summed E-state index contributed by atoms with van der Waals surface area (Å²) in [4.78, 5) is 38.5. The molecule has 9 heteroatoms. The molecule has 1 fully saturated rings. The van der Waals surface area contributed by atoms with Crippen LogP contribution in [0, 0.1) is 6.92 Å². The third-order valence-electron chi connectivity index (χ3n) is 4.02. The third kappa shape index (κ3) is 5.55. The maximum absolute atomic E-state index is 12.8. The van der Waals surface area contributed by atoms with Crippen molar-refractivity contribution in [3.05, 3.63) is 17.6 Å². The predicted molar refractivity (Wildman–Crippen MR) is 98.3 cm³/mol. The van der Waals surface area contributed by atoms with E-state index in [0.717, 1.165) is 13.1 Å². The van der Waals surface area contributed by atoms with Crippen LogP contribution >= 0.6 is 0 Å². The van der Waals surface area contributed by atoms with Crippen LogP contribution < -0.4 is 5.32 Å². The molecule has 9 nitrogen and oxygen atoms in total. The van der Waals surface area contributed by atoms with Gasteiger partial charge in [0.1, 0.15) is 17.3 Å². The van der Waals surface area contributed by atoms with E-state index >= 15 is 0 Å². The van der Waals surface area contributed by atoms with Crippen LogP contribution in [0.1, 0.15) is 23.2 Å². The van der Waals surface area contributed by atoms with Crippen LogP contribution in [0.25, 0.3) is 0 Å². The van der Waals surface area contributed by atoms with E-state index in [1.165, 1.54) is 0 Å². The van der Waals surface area contributed by atoms with Crippen LogP contribution in [0.5, 0.6) is 0 Å². The standard InChI is InChI=1S/C17H28N6O3/c1-5-26-17(25)23-10-8-22(9-11-23)16(24)14-12-15(20-13(2)19-14)18-6-7-21(3)4/h12H,5-11H2,1-4H3,(H,18,19,20). The molecule has 0 radical (unpaired) electrons. The molecule has 0 saturated carbocycles. The summed E-state index contributed by atoms with van der Waals surface area (Å²) in [5.74, 6) is 1.05. The molecule has 0 bridgehead atoms. The van der Waals surface area contributed by atoms with Gasteiger partial charge in [0.05, 0.1) is 6.61 Å². The fourth-order valence-electron chi connectivity index (χ4n) is 2.64. The molecule has 1 N–H and O–H groups in total. The minimum atomic E-state index is -0.329. The summed E-state index contributed by atoms with van der Waals surface area (Å²) in [6.45, 7) is 7.34. The van der Waals surface area contributed by atoms with E-state index in [2.05, 4.69) is 20.2 Å². The Morgan fingerprint density at radius 2 is 1.85 bits per heavy atom. The number of carbonyl (C=O) groups excluding carboxylic acids is 2. The minimum Gasteiger partial charge on any atom is -0.450 e. The van der Waals surface area contributed by atoms with E-state index in [0.29, 0.717) is 50.1 Å². The number of hydrogen-bond donors (Lipinski definition) is 1. The van der Waals surface area contributed by atoms with Gasteiger partial charge >= 0.3 is 6.09 Å². The van der Waals surface area contributed by atoms with Crippen molar-refractivity contribution in [3.8, 4) is 0 Å². The molecule has 1 aromatic heterocycles. The van der Waals surface area contributed by atoms with Crippen molar-refractivity contribution in [1.29, 1.82) is 0 Å². The molecule has 144 valence electrons. The van der Waals surface area contributed by atoms with Crippen molar-refractivity contribution in [3.63, 3.8) is 0 Å². The summed E-state index contributed by atoms with van der Waals surface area (Å²) in [6, 6.07) is 1.68. The molecule has 1 aliphatic rings. The van der Waals surface area contributed by atoms with E-state index < -0.39 is 0 Å². The zero-order valence-corrected chi connectivity index (χ0v) is 16.0. The number of aryl methyl sites for hydroxylation is 1. The molecule has 2 amide bonds. The number of rotatable bonds is 6. The normalized spacial score (nSPS) is 14.5. The van der Waals surface area contributed by atoms with Crippen molar-refractivity contribution < 1.29 is 14.3 Å². The number of piperazine rings is 1. The first-order chi connectivity index (χ1) is 12.4. The topological polar surface area (TPSA) is 90.9 Å². The Hall–Kier alpha value is -2.42. The van der Waals surface area contributed by atoms with Crippen molar-refractivity contribution >= 4 is 17.8 Å². The Bertz CT molecular complexity index is 629. The lowest BCUT2D eigenvalue weighted by Gasteiger charge is -2.33. The van der Waals surface area contributed by atoms with Crippen molar-refractivity contribution in [2.75, 3.05) is 65.3 Å². The highest BCUT2D eigenvalue weighted by Crippen LogP contribution is 2.12. The zero-order valence-electron chi connectivity index (χ0n) is 16.0. The number of anilines is 1. The average molecular weight is 364 g/mol. The van der Waals surface area contributed by atoms with E-state index in [9.17, 15) is 9.59 Å². The highest BCUT2D eigenvalue weighted by atomic mass is 16.6. The van der Waals surface area contributed by atoms with Gasteiger partial charge in [-0.3, -0.25) is 4.79 Å². The maximum atomic E-state index is 12.8. The number of amides is 2. The first-order valence-electron chi connectivity index (χ1n) is 8.86. The average Bonchev–Trinajstić information content (AvgIpc) is 2.60. The Balaban J connectivity index is 1.97. The fraction of sp³-hybridized carbons (Fsp3) is 0.647. The molecule has 0 aliphatic carbocycles. The quantitative estimate of drug-likeness (QED) is 0.793. The lowest BCUT2D eigenvalue weighted by atomic mass is 10.2. The number of ether oxygens (including phenoxy) is 1. The van der Waals surface area contributed by atoms with Gasteiger partial charge in [-0.05, 0) is 27.9 Å². The molecule has 1 saturated heterocycles. The molecule has 1 aromatic rings. The van der Waals surface area contributed by atoms with Crippen LogP contribution in [0.2, 0.25) is 0 Å². The lowest BCUT2D eigenvalue weighted by Crippen LogP contribution is -2.50. The van der Waals surface area contributed by atoms with Gasteiger partial charge in [-0.15, -0.1) is 0 Å². The van der Waals surface area contributed by atoms with Gasteiger partial charge in [-0.25, -0.2) is 14.8 Å². The van der Waals surface area contributed by atoms with Crippen LogP contribution in [0.3, 0.4) is 0 Å². The summed E-state index contributed by atoms with van der Waals surface area (Å²) in [5, 5.41) is 3.22. The second kappa shape index (κ2) is 9.33. The predicted octanol–water partition coefficient (Wildman–Crippen LogP) is 0.673. The second-order valence-electron chi connectivity index (χ2n) is 6.39. The number of hydrogen-bond acceptors (Lipinski definition) is 7.